The van der Waals surface area contributed by atoms with Gasteiger partial charge in [-0.15, -0.1) is 0 Å². The van der Waals surface area contributed by atoms with E-state index < -0.39 is 15.8 Å². The molecule has 0 aliphatic carbocycles. The van der Waals surface area contributed by atoms with Gasteiger partial charge in [-0.2, -0.15) is 0 Å². The predicted octanol–water partition coefficient (Wildman–Crippen LogP) is 1.39. The van der Waals surface area contributed by atoms with Gasteiger partial charge in [0, 0.05) is 23.6 Å². The second kappa shape index (κ2) is 11.0. The Balaban J connectivity index is 2.95. The van der Waals surface area contributed by atoms with E-state index in [2.05, 4.69) is 20.2 Å². The Hall–Kier alpha value is -2.85. The molecule has 0 amide bonds. The number of nitrogens with zero attached hydrogens (tertiary/aromatic N) is 1. The van der Waals surface area contributed by atoms with Gasteiger partial charge in [0.15, 0.2) is 9.84 Å². The number of hydroxylamine groups is 1. The van der Waals surface area contributed by atoms with Crippen LogP contribution in [-0.2, 0) is 40.4 Å². The van der Waals surface area contributed by atoms with Crippen molar-refractivity contribution in [1.82, 2.24) is 5.48 Å². The summed E-state index contributed by atoms with van der Waals surface area (Å²) in [4.78, 5) is 21.1. The number of allylic oxidation sites excluding steroid dienone is 1. The van der Waals surface area contributed by atoms with E-state index in [9.17, 15) is 13.2 Å². The fourth-order valence-electron chi connectivity index (χ4n) is 1.85. The molecule has 0 aliphatic heterocycles. The number of hydrogen-bond acceptors (Lipinski definition) is 9. The number of hydrogen-bond donors (Lipinski definition) is 1. The van der Waals surface area contributed by atoms with Gasteiger partial charge in [0.1, 0.15) is 17.3 Å². The van der Waals surface area contributed by atoms with Gasteiger partial charge in [0.25, 0.3) is 0 Å². The monoisotopic (exact) mass is 398 g/mol. The van der Waals surface area contributed by atoms with Crippen LogP contribution in [0.4, 0.5) is 0 Å². The van der Waals surface area contributed by atoms with Crippen molar-refractivity contribution < 1.29 is 32.4 Å². The number of carbonyl (C=O) groups excluding carboxylic acids is 1. The molecule has 0 bridgehead atoms. The van der Waals surface area contributed by atoms with E-state index in [4.69, 9.17) is 9.57 Å². The number of benzene rings is 1. The van der Waals surface area contributed by atoms with Crippen LogP contribution < -0.4 is 5.48 Å². The summed E-state index contributed by atoms with van der Waals surface area (Å²) >= 11 is 0. The highest BCUT2D eigenvalue weighted by atomic mass is 32.2. The van der Waals surface area contributed by atoms with E-state index in [0.29, 0.717) is 16.9 Å². The second-order valence-corrected chi connectivity index (χ2v) is 7.06. The zero-order chi connectivity index (χ0) is 20.3. The number of rotatable bonds is 10. The summed E-state index contributed by atoms with van der Waals surface area (Å²) in [6.07, 6.45) is 4.42. The first-order chi connectivity index (χ1) is 12.8. The normalized spacial score (nSPS) is 12.7. The molecule has 27 heavy (non-hydrogen) atoms. The van der Waals surface area contributed by atoms with Crippen LogP contribution >= 0.6 is 0 Å². The first-order valence-electron chi connectivity index (χ1n) is 7.59. The van der Waals surface area contributed by atoms with Gasteiger partial charge in [-0.05, 0) is 0 Å². The van der Waals surface area contributed by atoms with Gasteiger partial charge in [0.2, 0.25) is 0 Å². The maximum Gasteiger partial charge on any atom is 0.334 e. The molecule has 148 valence electrons. The van der Waals surface area contributed by atoms with Crippen LogP contribution in [0.25, 0.3) is 5.76 Å². The second-order valence-electron chi connectivity index (χ2n) is 5.04. The lowest BCUT2D eigenvalue weighted by atomic mass is 10.1. The topological polar surface area (TPSA) is 113 Å². The Bertz CT molecular complexity index is 829. The van der Waals surface area contributed by atoms with Crippen LogP contribution in [0, 0.1) is 0 Å². The molecule has 0 aliphatic rings. The van der Waals surface area contributed by atoms with Crippen LogP contribution in [0.1, 0.15) is 11.1 Å². The van der Waals surface area contributed by atoms with E-state index in [0.717, 1.165) is 18.7 Å². The van der Waals surface area contributed by atoms with E-state index in [1.807, 2.05) is 0 Å². The molecule has 1 aromatic carbocycles. The molecule has 0 saturated carbocycles. The van der Waals surface area contributed by atoms with Gasteiger partial charge in [-0.3, -0.25) is 10.3 Å². The number of ether oxygens (including phenoxy) is 2. The summed E-state index contributed by atoms with van der Waals surface area (Å²) < 4.78 is 33.1. The fraction of sp³-hybridized carbons (Fsp3) is 0.294. The highest BCUT2D eigenvalue weighted by molar-refractivity contribution is 7.95. The first-order valence-corrected chi connectivity index (χ1v) is 9.48. The molecule has 0 fully saturated rings. The van der Waals surface area contributed by atoms with Crippen LogP contribution in [-0.4, -0.2) is 48.2 Å². The van der Waals surface area contributed by atoms with Crippen LogP contribution in [0.2, 0.25) is 0 Å². The van der Waals surface area contributed by atoms with Gasteiger partial charge >= 0.3 is 5.97 Å². The third kappa shape index (κ3) is 7.50. The number of methoxy groups -OCH3 is 2. The fourth-order valence-corrected chi connectivity index (χ4v) is 2.35. The van der Waals surface area contributed by atoms with Crippen molar-refractivity contribution in [2.45, 2.75) is 6.61 Å². The molecular formula is C17H22N2O7S. The zero-order valence-corrected chi connectivity index (χ0v) is 16.3. The third-order valence-corrected chi connectivity index (χ3v) is 4.25. The molecule has 0 aromatic heterocycles. The molecule has 0 heterocycles. The largest absolute Gasteiger partial charge is 0.496 e. The maximum atomic E-state index is 11.6. The smallest absolute Gasteiger partial charge is 0.334 e. The number of oxime groups is 1. The van der Waals surface area contributed by atoms with Gasteiger partial charge in [-0.1, -0.05) is 29.4 Å². The summed E-state index contributed by atoms with van der Waals surface area (Å²) in [5.41, 5.74) is 3.60. The van der Waals surface area contributed by atoms with Crippen molar-refractivity contribution >= 4 is 27.8 Å². The average Bonchev–Trinajstić information content (AvgIpc) is 2.64. The summed E-state index contributed by atoms with van der Waals surface area (Å²) in [5, 5.41) is 3.67. The van der Waals surface area contributed by atoms with Crippen molar-refractivity contribution in [2.75, 3.05) is 27.6 Å². The van der Waals surface area contributed by atoms with Crippen molar-refractivity contribution in [2.24, 2.45) is 5.16 Å². The number of carbonyl (C=O) groups is 1. The quantitative estimate of drug-likeness (QED) is 0.207. The molecule has 0 atom stereocenters. The van der Waals surface area contributed by atoms with Gasteiger partial charge in [-0.25, -0.2) is 13.2 Å². The minimum Gasteiger partial charge on any atom is -0.496 e. The molecule has 0 unspecified atom stereocenters. The molecule has 9 nitrogen and oxygen atoms in total. The third-order valence-electron chi connectivity index (χ3n) is 3.17. The summed E-state index contributed by atoms with van der Waals surface area (Å²) in [6, 6.07) is 7.05. The number of sulfone groups is 1. The van der Waals surface area contributed by atoms with E-state index >= 15 is 0 Å². The molecular weight excluding hydrogens is 376 g/mol. The van der Waals surface area contributed by atoms with Crippen molar-refractivity contribution in [3.8, 4) is 0 Å². The maximum absolute atomic E-state index is 11.6. The van der Waals surface area contributed by atoms with E-state index in [-0.39, 0.29) is 11.5 Å². The Kier molecular flexibility index (Phi) is 9.03. The average molecular weight is 398 g/mol. The first kappa shape index (κ1) is 22.2. The van der Waals surface area contributed by atoms with E-state index in [1.165, 1.54) is 27.4 Å². The van der Waals surface area contributed by atoms with Crippen molar-refractivity contribution in [3.05, 3.63) is 52.6 Å². The number of nitrogens with one attached hydrogen (secondary N) is 1. The zero-order valence-electron chi connectivity index (χ0n) is 15.5. The Morgan fingerprint density at radius 2 is 1.89 bits per heavy atom. The SMILES string of the molecule is CONC=C(C=NOCc1ccccc1C(=CC(=O)OC)OC)S(C)(=O)=O. The van der Waals surface area contributed by atoms with Gasteiger partial charge in [0.05, 0.1) is 33.6 Å². The van der Waals surface area contributed by atoms with Crippen LogP contribution in [0.3, 0.4) is 0 Å². The lowest BCUT2D eigenvalue weighted by Gasteiger charge is -2.11. The molecule has 10 heteroatoms. The Morgan fingerprint density at radius 1 is 1.19 bits per heavy atom. The Morgan fingerprint density at radius 3 is 2.48 bits per heavy atom. The molecule has 1 aromatic rings. The Labute approximate surface area is 158 Å². The summed E-state index contributed by atoms with van der Waals surface area (Å²) in [6.45, 7) is 0.0172. The molecule has 0 saturated heterocycles. The van der Waals surface area contributed by atoms with Crippen molar-refractivity contribution in [1.29, 1.82) is 0 Å². The number of esters is 1. The van der Waals surface area contributed by atoms with Crippen LogP contribution in [0.5, 0.6) is 0 Å². The molecule has 0 spiro atoms. The highest BCUT2D eigenvalue weighted by Gasteiger charge is 2.11. The molecule has 1 rings (SSSR count). The van der Waals surface area contributed by atoms with Gasteiger partial charge < -0.3 is 14.3 Å². The standard InChI is InChI=1S/C17H22N2O7S/c1-23-16(9-17(20)24-2)15-8-6-5-7-13(15)12-26-19-11-14(10-18-25-3)27(4,21)22/h5-11,18H,12H2,1-4H3. The lowest BCUT2D eigenvalue weighted by molar-refractivity contribution is -0.134. The predicted molar refractivity (Wildman–Crippen MR) is 99.8 cm³/mol. The van der Waals surface area contributed by atoms with E-state index in [1.54, 1.807) is 24.3 Å². The molecule has 0 radical (unpaired) electrons. The molecule has 1 N–H and O–H groups in total. The van der Waals surface area contributed by atoms with Crippen molar-refractivity contribution in [3.63, 3.8) is 0 Å². The van der Waals surface area contributed by atoms with Crippen LogP contribution in [0.15, 0.2) is 46.6 Å². The minimum absolute atomic E-state index is 0.0172. The summed E-state index contributed by atoms with van der Waals surface area (Å²) in [7, 11) is 0.520. The highest BCUT2D eigenvalue weighted by Crippen LogP contribution is 2.21. The summed E-state index contributed by atoms with van der Waals surface area (Å²) in [5.74, 6) is -0.264. The lowest BCUT2D eigenvalue weighted by Crippen LogP contribution is -2.10. The minimum atomic E-state index is -3.52.